The zero-order valence-electron chi connectivity index (χ0n) is 37.8. The zero-order chi connectivity index (χ0) is 44.6. The fourth-order valence-electron chi connectivity index (χ4n) is 9.88. The van der Waals surface area contributed by atoms with Crippen LogP contribution in [0.15, 0.2) is 205 Å². The lowest BCUT2D eigenvalue weighted by Gasteiger charge is -2.26. The Labute approximate surface area is 378 Å². The molecule has 2 aliphatic heterocycles. The molecule has 9 rings (SSSR count). The number of anilines is 2. The molecule has 318 valence electrons. The van der Waals surface area contributed by atoms with E-state index in [1.165, 1.54) is 33.4 Å². The Morgan fingerprint density at radius 2 is 0.859 bits per heavy atom. The Hall–Kier alpha value is -7.11. The molecule has 0 unspecified atom stereocenters. The van der Waals surface area contributed by atoms with Crippen molar-refractivity contribution in [3.63, 3.8) is 0 Å². The number of carbonyl (C=O) groups excluding carboxylic acids is 2. The smallest absolute Gasteiger partial charge is 0.218 e. The van der Waals surface area contributed by atoms with Gasteiger partial charge < -0.3 is 9.80 Å². The van der Waals surface area contributed by atoms with Crippen molar-refractivity contribution < 1.29 is 9.59 Å². The standard InChI is InChI=1S/C59H56N3O2/c1-41-27-33-51-49(37-41)58(3,4)55(60(51)39-53(63)43-19-11-7-12-20-43)35-31-45-29-30-46(57(45)62(47-23-15-9-16-24-47)48-25-17-10-18-26-48)32-36-56-59(5,6)50-38-42(2)28-34-52(50)61(56)40-54(64)44-21-13-8-14-22-44/h7-28,31-38H,29-30,39-40H2,1-6H3/q+1. The van der Waals surface area contributed by atoms with Gasteiger partial charge in [0.25, 0.3) is 0 Å². The van der Waals surface area contributed by atoms with E-state index in [1.54, 1.807) is 0 Å². The summed E-state index contributed by atoms with van der Waals surface area (Å²) in [6, 6.07) is 53.7. The SMILES string of the molecule is Cc1ccc2c(c1)C(C)(C)C(=C/C=C1\CC/C(=C\C=C3N(CC(=O)c4ccccc4)c4ccc(C)cc4C3(C)C)C1=[N+](c1ccccc1)c1ccccc1)N2CC(=O)c1ccccc1. The molecule has 0 radical (unpaired) electrons. The number of para-hydroxylation sites is 2. The Balaban J connectivity index is 1.21. The van der Waals surface area contributed by atoms with Crippen LogP contribution in [0.3, 0.4) is 0 Å². The van der Waals surface area contributed by atoms with Gasteiger partial charge in [0.2, 0.25) is 17.1 Å². The molecule has 1 fully saturated rings. The van der Waals surface area contributed by atoms with Crippen LogP contribution in [0.2, 0.25) is 0 Å². The number of benzene rings is 6. The summed E-state index contributed by atoms with van der Waals surface area (Å²) in [6.07, 6.45) is 10.8. The summed E-state index contributed by atoms with van der Waals surface area (Å²) < 4.78 is 2.39. The third kappa shape index (κ3) is 7.92. The summed E-state index contributed by atoms with van der Waals surface area (Å²) in [5.41, 5.74) is 15.6. The minimum Gasteiger partial charge on any atom is -0.336 e. The minimum absolute atomic E-state index is 0.0840. The maximum atomic E-state index is 13.9. The molecule has 1 saturated carbocycles. The first kappa shape index (κ1) is 42.2. The van der Waals surface area contributed by atoms with Crippen LogP contribution in [0.25, 0.3) is 0 Å². The molecule has 0 atom stereocenters. The molecule has 0 N–H and O–H groups in total. The second-order valence-electron chi connectivity index (χ2n) is 18.4. The van der Waals surface area contributed by atoms with E-state index >= 15 is 0 Å². The van der Waals surface area contributed by atoms with Crippen LogP contribution >= 0.6 is 0 Å². The number of nitrogens with zero attached hydrogens (tertiary/aromatic N) is 3. The molecular weight excluding hydrogens is 783 g/mol. The average molecular weight is 839 g/mol. The fourth-order valence-corrected chi connectivity index (χ4v) is 9.88. The molecule has 5 nitrogen and oxygen atoms in total. The van der Waals surface area contributed by atoms with E-state index in [4.69, 9.17) is 0 Å². The average Bonchev–Trinajstić information content (AvgIpc) is 3.86. The minimum atomic E-state index is -0.349. The second-order valence-corrected chi connectivity index (χ2v) is 18.4. The third-order valence-electron chi connectivity index (χ3n) is 13.3. The van der Waals surface area contributed by atoms with Gasteiger partial charge in [0.15, 0.2) is 11.6 Å². The number of carbonyl (C=O) groups is 2. The normalized spacial score (nSPS) is 18.6. The second kappa shape index (κ2) is 17.2. The van der Waals surface area contributed by atoms with Crippen LogP contribution in [0.4, 0.5) is 22.7 Å². The molecule has 0 spiro atoms. The van der Waals surface area contributed by atoms with E-state index in [-0.39, 0.29) is 35.5 Å². The summed E-state index contributed by atoms with van der Waals surface area (Å²) in [4.78, 5) is 32.3. The van der Waals surface area contributed by atoms with Gasteiger partial charge in [0, 0.05) is 80.1 Å². The molecule has 0 saturated heterocycles. The molecule has 1 aliphatic carbocycles. The molecule has 3 aliphatic rings. The first-order valence-corrected chi connectivity index (χ1v) is 22.5. The largest absolute Gasteiger partial charge is 0.336 e. The third-order valence-corrected chi connectivity index (χ3v) is 13.3. The quantitative estimate of drug-likeness (QED) is 0.102. The number of rotatable bonds is 10. The number of aryl methyl sites for hydroxylation is 2. The lowest BCUT2D eigenvalue weighted by molar-refractivity contribution is 0.0992. The summed E-state index contributed by atoms with van der Waals surface area (Å²) in [5.74, 6) is 0.168. The molecule has 0 bridgehead atoms. The molecule has 0 aromatic heterocycles. The topological polar surface area (TPSA) is 43.6 Å². The predicted octanol–water partition coefficient (Wildman–Crippen LogP) is 13.4. The number of allylic oxidation sites excluding steroid dienone is 8. The maximum absolute atomic E-state index is 13.9. The van der Waals surface area contributed by atoms with Crippen molar-refractivity contribution in [2.75, 3.05) is 22.9 Å². The van der Waals surface area contributed by atoms with Crippen molar-refractivity contribution in [3.8, 4) is 0 Å². The Bertz CT molecular complexity index is 2720. The summed E-state index contributed by atoms with van der Waals surface area (Å²) in [6.45, 7) is 13.9. The highest BCUT2D eigenvalue weighted by Crippen LogP contribution is 2.50. The highest BCUT2D eigenvalue weighted by Gasteiger charge is 2.43. The molecular formula is C59H56N3O2+. The van der Waals surface area contributed by atoms with Gasteiger partial charge in [-0.1, -0.05) is 172 Å². The summed E-state index contributed by atoms with van der Waals surface area (Å²) in [7, 11) is 0. The Kier molecular flexibility index (Phi) is 11.4. The number of Topliss-reactive ketones (excluding diaryl/α,β-unsaturated/α-hetero) is 2. The number of fused-ring (bicyclic) bond motifs is 2. The van der Waals surface area contributed by atoms with E-state index in [9.17, 15) is 9.59 Å². The van der Waals surface area contributed by atoms with Gasteiger partial charge in [0.05, 0.1) is 13.1 Å². The van der Waals surface area contributed by atoms with Crippen LogP contribution in [-0.2, 0) is 10.8 Å². The van der Waals surface area contributed by atoms with Gasteiger partial charge >= 0.3 is 0 Å². The monoisotopic (exact) mass is 838 g/mol. The van der Waals surface area contributed by atoms with E-state index < -0.39 is 0 Å². The molecule has 6 aromatic rings. The van der Waals surface area contributed by atoms with E-state index in [1.807, 2.05) is 60.7 Å². The lowest BCUT2D eigenvalue weighted by Crippen LogP contribution is -2.31. The van der Waals surface area contributed by atoms with Crippen LogP contribution in [0, 0.1) is 13.8 Å². The summed E-state index contributed by atoms with van der Waals surface area (Å²) in [5, 5.41) is 0. The molecule has 2 heterocycles. The van der Waals surface area contributed by atoms with Crippen molar-refractivity contribution in [1.29, 1.82) is 0 Å². The molecule has 6 aromatic carbocycles. The van der Waals surface area contributed by atoms with Crippen molar-refractivity contribution in [2.45, 2.75) is 65.2 Å². The van der Waals surface area contributed by atoms with Crippen LogP contribution in [-0.4, -0.2) is 30.4 Å². The van der Waals surface area contributed by atoms with Crippen molar-refractivity contribution >= 4 is 40.0 Å². The highest BCUT2D eigenvalue weighted by molar-refractivity contribution is 6.17. The van der Waals surface area contributed by atoms with Crippen molar-refractivity contribution in [1.82, 2.24) is 4.58 Å². The van der Waals surface area contributed by atoms with Crippen molar-refractivity contribution in [2.24, 2.45) is 0 Å². The number of ketones is 2. The zero-order valence-corrected chi connectivity index (χ0v) is 37.8. The summed E-state index contributed by atoms with van der Waals surface area (Å²) >= 11 is 0. The fraction of sp³-hybridized carbons (Fsp3) is 0.203. The van der Waals surface area contributed by atoms with E-state index in [2.05, 4.69) is 177 Å². The van der Waals surface area contributed by atoms with Gasteiger partial charge in [-0.05, 0) is 62.1 Å². The van der Waals surface area contributed by atoms with Gasteiger partial charge in [-0.15, -0.1) is 0 Å². The maximum Gasteiger partial charge on any atom is 0.218 e. The predicted molar refractivity (Wildman–Crippen MR) is 266 cm³/mol. The highest BCUT2D eigenvalue weighted by atomic mass is 16.1. The first-order valence-electron chi connectivity index (χ1n) is 22.5. The van der Waals surface area contributed by atoms with Gasteiger partial charge in [0.1, 0.15) is 0 Å². The molecule has 5 heteroatoms. The van der Waals surface area contributed by atoms with E-state index in [0.717, 1.165) is 52.7 Å². The number of hydrogen-bond acceptors (Lipinski definition) is 4. The van der Waals surface area contributed by atoms with Crippen LogP contribution in [0.5, 0.6) is 0 Å². The Morgan fingerprint density at radius 3 is 1.23 bits per heavy atom. The number of hydrogen-bond donors (Lipinski definition) is 0. The van der Waals surface area contributed by atoms with Gasteiger partial charge in [-0.25, -0.2) is 0 Å². The van der Waals surface area contributed by atoms with Crippen molar-refractivity contribution in [3.05, 3.63) is 238 Å². The van der Waals surface area contributed by atoms with Crippen LogP contribution < -0.4 is 14.4 Å². The molecule has 64 heavy (non-hydrogen) atoms. The molecule has 0 amide bonds. The van der Waals surface area contributed by atoms with Gasteiger partial charge in [-0.3, -0.25) is 9.59 Å². The first-order chi connectivity index (χ1) is 30.9. The Morgan fingerprint density at radius 1 is 0.500 bits per heavy atom. The lowest BCUT2D eigenvalue weighted by atomic mass is 9.83. The van der Waals surface area contributed by atoms with Gasteiger partial charge in [-0.2, -0.15) is 4.58 Å². The van der Waals surface area contributed by atoms with Crippen LogP contribution in [0.1, 0.15) is 83.5 Å². The van der Waals surface area contributed by atoms with E-state index in [0.29, 0.717) is 11.1 Å².